The van der Waals surface area contributed by atoms with Crippen LogP contribution in [-0.4, -0.2) is 22.5 Å². The van der Waals surface area contributed by atoms with E-state index in [0.717, 1.165) is 17.6 Å². The van der Waals surface area contributed by atoms with E-state index in [1.165, 1.54) is 12.8 Å². The SMILES string of the molecule is CSC1(CNc2nc3ccccc3o2)CC1. The third kappa shape index (κ3) is 1.78. The van der Waals surface area contributed by atoms with E-state index < -0.39 is 0 Å². The number of thioether (sulfide) groups is 1. The van der Waals surface area contributed by atoms with Gasteiger partial charge in [0.1, 0.15) is 5.52 Å². The fourth-order valence-electron chi connectivity index (χ4n) is 1.78. The molecule has 0 radical (unpaired) electrons. The molecule has 84 valence electrons. The Morgan fingerprint density at radius 2 is 2.25 bits per heavy atom. The summed E-state index contributed by atoms with van der Waals surface area (Å²) in [6.45, 7) is 0.945. The number of para-hydroxylation sites is 2. The molecule has 1 N–H and O–H groups in total. The predicted molar refractivity (Wildman–Crippen MR) is 68.0 cm³/mol. The number of nitrogens with zero attached hydrogens (tertiary/aromatic N) is 1. The Hall–Kier alpha value is -1.16. The van der Waals surface area contributed by atoms with Crippen LogP contribution in [0.25, 0.3) is 11.1 Å². The van der Waals surface area contributed by atoms with Gasteiger partial charge in [-0.25, -0.2) is 0 Å². The number of fused-ring (bicyclic) bond motifs is 1. The maximum atomic E-state index is 5.60. The van der Waals surface area contributed by atoms with Gasteiger partial charge in [0.2, 0.25) is 0 Å². The molecular weight excluding hydrogens is 220 g/mol. The van der Waals surface area contributed by atoms with Gasteiger partial charge in [0, 0.05) is 11.3 Å². The Bertz CT molecular complexity index is 471. The molecule has 1 aromatic carbocycles. The van der Waals surface area contributed by atoms with Gasteiger partial charge in [-0.05, 0) is 31.2 Å². The highest BCUT2D eigenvalue weighted by molar-refractivity contribution is 8.00. The molecule has 0 spiro atoms. The summed E-state index contributed by atoms with van der Waals surface area (Å²) < 4.78 is 6.04. The van der Waals surface area contributed by atoms with E-state index in [1.54, 1.807) is 0 Å². The van der Waals surface area contributed by atoms with E-state index in [-0.39, 0.29) is 0 Å². The molecule has 3 nitrogen and oxygen atoms in total. The number of hydrogen-bond acceptors (Lipinski definition) is 4. The van der Waals surface area contributed by atoms with Gasteiger partial charge in [-0.3, -0.25) is 0 Å². The predicted octanol–water partition coefficient (Wildman–Crippen LogP) is 3.14. The maximum Gasteiger partial charge on any atom is 0.295 e. The lowest BCUT2D eigenvalue weighted by Crippen LogP contribution is -2.17. The second-order valence-corrected chi connectivity index (χ2v) is 5.50. The van der Waals surface area contributed by atoms with Gasteiger partial charge in [-0.2, -0.15) is 16.7 Å². The summed E-state index contributed by atoms with van der Waals surface area (Å²) in [6.07, 6.45) is 4.75. The molecule has 1 fully saturated rings. The molecule has 1 aromatic heterocycles. The molecule has 1 saturated carbocycles. The quantitative estimate of drug-likeness (QED) is 0.882. The van der Waals surface area contributed by atoms with Crippen molar-refractivity contribution in [2.45, 2.75) is 17.6 Å². The molecule has 3 rings (SSSR count). The molecule has 16 heavy (non-hydrogen) atoms. The number of oxazole rings is 1. The first-order valence-corrected chi connectivity index (χ1v) is 6.68. The minimum Gasteiger partial charge on any atom is -0.424 e. The molecule has 0 amide bonds. The van der Waals surface area contributed by atoms with Crippen LogP contribution in [0.4, 0.5) is 6.01 Å². The molecule has 0 atom stereocenters. The van der Waals surface area contributed by atoms with E-state index in [4.69, 9.17) is 4.42 Å². The normalized spacial score (nSPS) is 17.6. The molecule has 0 bridgehead atoms. The largest absolute Gasteiger partial charge is 0.424 e. The van der Waals surface area contributed by atoms with Crippen LogP contribution in [-0.2, 0) is 0 Å². The lowest BCUT2D eigenvalue weighted by molar-refractivity contribution is 0.613. The zero-order chi connectivity index (χ0) is 11.0. The van der Waals surface area contributed by atoms with E-state index in [1.807, 2.05) is 36.0 Å². The van der Waals surface area contributed by atoms with Crippen LogP contribution in [0.2, 0.25) is 0 Å². The third-order valence-corrected chi connectivity index (χ3v) is 4.51. The number of nitrogens with one attached hydrogen (secondary N) is 1. The molecule has 0 saturated heterocycles. The molecule has 4 heteroatoms. The van der Waals surface area contributed by atoms with Crippen molar-refractivity contribution in [3.8, 4) is 0 Å². The lowest BCUT2D eigenvalue weighted by atomic mass is 10.3. The maximum absolute atomic E-state index is 5.60. The van der Waals surface area contributed by atoms with Crippen LogP contribution < -0.4 is 5.32 Å². The summed E-state index contributed by atoms with van der Waals surface area (Å²) in [4.78, 5) is 4.39. The van der Waals surface area contributed by atoms with Gasteiger partial charge in [0.25, 0.3) is 6.01 Å². The molecular formula is C12H14N2OS. The Morgan fingerprint density at radius 1 is 1.44 bits per heavy atom. The number of anilines is 1. The average Bonchev–Trinajstić information content (AvgIpc) is 2.98. The highest BCUT2D eigenvalue weighted by atomic mass is 32.2. The molecule has 2 aromatic rings. The monoisotopic (exact) mass is 234 g/mol. The van der Waals surface area contributed by atoms with E-state index >= 15 is 0 Å². The molecule has 0 aliphatic heterocycles. The Kier molecular flexibility index (Phi) is 2.32. The minimum atomic E-state index is 0.431. The van der Waals surface area contributed by atoms with Crippen molar-refractivity contribution in [3.63, 3.8) is 0 Å². The summed E-state index contributed by atoms with van der Waals surface area (Å²) in [5.74, 6) is 0. The summed E-state index contributed by atoms with van der Waals surface area (Å²) in [5.41, 5.74) is 1.76. The molecule has 1 aliphatic rings. The minimum absolute atomic E-state index is 0.431. The van der Waals surface area contributed by atoms with Crippen LogP contribution in [0.15, 0.2) is 28.7 Å². The zero-order valence-electron chi connectivity index (χ0n) is 9.19. The molecule has 0 unspecified atom stereocenters. The topological polar surface area (TPSA) is 38.1 Å². The van der Waals surface area contributed by atoms with Crippen LogP contribution in [0.5, 0.6) is 0 Å². The number of aromatic nitrogens is 1. The highest BCUT2D eigenvalue weighted by Gasteiger charge is 2.41. The molecule has 1 heterocycles. The van der Waals surface area contributed by atoms with Gasteiger partial charge in [0.05, 0.1) is 0 Å². The number of rotatable bonds is 4. The summed E-state index contributed by atoms with van der Waals surface area (Å²) in [7, 11) is 0. The van der Waals surface area contributed by atoms with Gasteiger partial charge in [0.15, 0.2) is 5.58 Å². The van der Waals surface area contributed by atoms with Gasteiger partial charge in [-0.1, -0.05) is 12.1 Å². The van der Waals surface area contributed by atoms with E-state index in [0.29, 0.717) is 10.8 Å². The van der Waals surface area contributed by atoms with Crippen molar-refractivity contribution < 1.29 is 4.42 Å². The number of benzene rings is 1. The smallest absolute Gasteiger partial charge is 0.295 e. The first kappa shape index (κ1) is 10.0. The standard InChI is InChI=1S/C12H14N2OS/c1-16-12(6-7-12)8-13-11-14-9-4-2-3-5-10(9)15-11/h2-5H,6-8H2,1H3,(H,13,14). The molecule has 1 aliphatic carbocycles. The van der Waals surface area contributed by atoms with Crippen LogP contribution >= 0.6 is 11.8 Å². The van der Waals surface area contributed by atoms with Gasteiger partial charge >= 0.3 is 0 Å². The summed E-state index contributed by atoms with van der Waals surface area (Å²) in [5, 5.41) is 3.29. The van der Waals surface area contributed by atoms with Crippen molar-refractivity contribution in [2.24, 2.45) is 0 Å². The second kappa shape index (κ2) is 3.70. The van der Waals surface area contributed by atoms with Crippen LogP contribution in [0.1, 0.15) is 12.8 Å². The Balaban J connectivity index is 1.74. The first-order valence-electron chi connectivity index (χ1n) is 5.46. The van der Waals surface area contributed by atoms with E-state index in [9.17, 15) is 0 Å². The summed E-state index contributed by atoms with van der Waals surface area (Å²) >= 11 is 1.93. The highest BCUT2D eigenvalue weighted by Crippen LogP contribution is 2.47. The zero-order valence-corrected chi connectivity index (χ0v) is 10.0. The van der Waals surface area contributed by atoms with Crippen molar-refractivity contribution in [1.29, 1.82) is 0 Å². The lowest BCUT2D eigenvalue weighted by Gasteiger charge is -2.10. The van der Waals surface area contributed by atoms with Crippen LogP contribution in [0.3, 0.4) is 0 Å². The van der Waals surface area contributed by atoms with Crippen molar-refractivity contribution in [1.82, 2.24) is 4.98 Å². The van der Waals surface area contributed by atoms with Gasteiger partial charge in [-0.15, -0.1) is 0 Å². The van der Waals surface area contributed by atoms with Gasteiger partial charge < -0.3 is 9.73 Å². The fraction of sp³-hybridized carbons (Fsp3) is 0.417. The average molecular weight is 234 g/mol. The number of hydrogen-bond donors (Lipinski definition) is 1. The first-order chi connectivity index (χ1) is 7.81. The Labute approximate surface area is 98.6 Å². The van der Waals surface area contributed by atoms with Crippen molar-refractivity contribution >= 4 is 28.9 Å². The third-order valence-electron chi connectivity index (χ3n) is 3.10. The van der Waals surface area contributed by atoms with Crippen LogP contribution in [0, 0.1) is 0 Å². The Morgan fingerprint density at radius 3 is 2.94 bits per heavy atom. The van der Waals surface area contributed by atoms with E-state index in [2.05, 4.69) is 16.6 Å². The summed E-state index contributed by atoms with van der Waals surface area (Å²) in [6, 6.07) is 8.47. The van der Waals surface area contributed by atoms with Crippen molar-refractivity contribution in [3.05, 3.63) is 24.3 Å². The second-order valence-electron chi connectivity index (χ2n) is 4.23. The van der Waals surface area contributed by atoms with Crippen molar-refractivity contribution in [2.75, 3.05) is 18.1 Å². The fourth-order valence-corrected chi connectivity index (χ4v) is 2.50.